The topological polar surface area (TPSA) is 12.5 Å². The summed E-state index contributed by atoms with van der Waals surface area (Å²) in [5.41, 5.74) is -0.244. The molecule has 2 aliphatic rings. The van der Waals surface area contributed by atoms with Crippen molar-refractivity contribution >= 4 is 0 Å². The van der Waals surface area contributed by atoms with Gasteiger partial charge in [-0.05, 0) is 19.9 Å². The van der Waals surface area contributed by atoms with Crippen LogP contribution in [0.3, 0.4) is 0 Å². The molecular weight excluding hydrogens is 150 g/mol. The highest BCUT2D eigenvalue weighted by Gasteiger charge is 2.39. The van der Waals surface area contributed by atoms with Gasteiger partial charge < -0.3 is 9.64 Å². The maximum Gasteiger partial charge on any atom is 0.164 e. The summed E-state index contributed by atoms with van der Waals surface area (Å²) >= 11 is 0. The quantitative estimate of drug-likeness (QED) is 0.539. The summed E-state index contributed by atoms with van der Waals surface area (Å²) in [5.74, 6) is 6.48. The van der Waals surface area contributed by atoms with Gasteiger partial charge in [-0.25, -0.2) is 0 Å². The molecule has 1 spiro atoms. The number of hydrogen-bond acceptors (Lipinski definition) is 2. The molecule has 0 radical (unpaired) electrons. The van der Waals surface area contributed by atoms with Crippen LogP contribution in [0.1, 0.15) is 13.8 Å². The van der Waals surface area contributed by atoms with Gasteiger partial charge in [-0.2, -0.15) is 0 Å². The van der Waals surface area contributed by atoms with Crippen molar-refractivity contribution in [1.82, 2.24) is 4.90 Å². The Morgan fingerprint density at radius 2 is 2.58 bits per heavy atom. The van der Waals surface area contributed by atoms with Crippen molar-refractivity contribution in [2.24, 2.45) is 5.92 Å². The van der Waals surface area contributed by atoms with Crippen molar-refractivity contribution in [1.29, 1.82) is 0 Å². The zero-order chi connectivity index (χ0) is 8.60. The minimum Gasteiger partial charge on any atom is -0.355 e. The molecule has 0 amide bonds. The molecular formula is C10H13NO. The average molecular weight is 163 g/mol. The Labute approximate surface area is 73.2 Å². The van der Waals surface area contributed by atoms with Crippen molar-refractivity contribution in [3.8, 4) is 11.8 Å². The van der Waals surface area contributed by atoms with E-state index in [-0.39, 0.29) is 5.60 Å². The van der Waals surface area contributed by atoms with Crippen LogP contribution in [0.5, 0.6) is 0 Å². The number of nitrogens with zero attached hydrogens (tertiary/aromatic N) is 1. The van der Waals surface area contributed by atoms with Gasteiger partial charge in [0.25, 0.3) is 0 Å². The van der Waals surface area contributed by atoms with Gasteiger partial charge in [-0.3, -0.25) is 0 Å². The molecule has 1 aliphatic heterocycles. The smallest absolute Gasteiger partial charge is 0.164 e. The van der Waals surface area contributed by atoms with Crippen LogP contribution in [0.2, 0.25) is 0 Å². The molecule has 2 nitrogen and oxygen atoms in total. The van der Waals surface area contributed by atoms with Crippen LogP contribution in [0.25, 0.3) is 0 Å². The van der Waals surface area contributed by atoms with E-state index in [0.717, 1.165) is 6.54 Å². The summed E-state index contributed by atoms with van der Waals surface area (Å²) < 4.78 is 5.68. The molecule has 0 saturated heterocycles. The van der Waals surface area contributed by atoms with E-state index < -0.39 is 0 Å². The molecule has 12 heavy (non-hydrogen) atoms. The Morgan fingerprint density at radius 1 is 1.75 bits per heavy atom. The largest absolute Gasteiger partial charge is 0.355 e. The third-order valence-corrected chi connectivity index (χ3v) is 2.54. The lowest BCUT2D eigenvalue weighted by Crippen LogP contribution is -2.46. The standard InChI is InChI=1S/C10H13NO/c1-3-11-7-6-10(12-8-11)5-4-9(10)2/h6-7,9H,3,8H2,1-2H3. The second-order valence-electron chi connectivity index (χ2n) is 3.28. The minimum atomic E-state index is -0.244. The SMILES string of the molecule is CCN1C=CC2(C#CC2C)OC1. The van der Waals surface area contributed by atoms with Crippen molar-refractivity contribution in [2.75, 3.05) is 13.3 Å². The first-order chi connectivity index (χ1) is 5.77. The van der Waals surface area contributed by atoms with Gasteiger partial charge in [0.1, 0.15) is 6.73 Å². The van der Waals surface area contributed by atoms with Crippen LogP contribution in [0.15, 0.2) is 12.3 Å². The van der Waals surface area contributed by atoms with E-state index in [9.17, 15) is 0 Å². The molecule has 1 heterocycles. The van der Waals surface area contributed by atoms with E-state index in [1.54, 1.807) is 0 Å². The molecule has 0 N–H and O–H groups in total. The van der Waals surface area contributed by atoms with Crippen molar-refractivity contribution in [3.63, 3.8) is 0 Å². The van der Waals surface area contributed by atoms with E-state index in [0.29, 0.717) is 12.6 Å². The van der Waals surface area contributed by atoms with Gasteiger partial charge in [-0.1, -0.05) is 11.8 Å². The molecule has 1 aliphatic carbocycles. The zero-order valence-electron chi connectivity index (χ0n) is 7.50. The summed E-state index contributed by atoms with van der Waals surface area (Å²) in [5, 5.41) is 0. The number of ether oxygens (including phenoxy) is 1. The fourth-order valence-electron chi connectivity index (χ4n) is 1.40. The molecule has 2 heteroatoms. The fraction of sp³-hybridized carbons (Fsp3) is 0.600. The number of rotatable bonds is 1. The maximum atomic E-state index is 5.68. The van der Waals surface area contributed by atoms with Crippen molar-refractivity contribution in [2.45, 2.75) is 19.4 Å². The highest BCUT2D eigenvalue weighted by atomic mass is 16.5. The molecule has 64 valence electrons. The number of hydrogen-bond donors (Lipinski definition) is 0. The van der Waals surface area contributed by atoms with E-state index in [4.69, 9.17) is 4.74 Å². The minimum absolute atomic E-state index is 0.244. The summed E-state index contributed by atoms with van der Waals surface area (Å²) in [6.45, 7) is 5.88. The fourth-order valence-corrected chi connectivity index (χ4v) is 1.40. The van der Waals surface area contributed by atoms with Gasteiger partial charge in [0.15, 0.2) is 5.60 Å². The normalized spacial score (nSPS) is 37.5. The summed E-state index contributed by atoms with van der Waals surface area (Å²) in [6.07, 6.45) is 4.16. The Bertz CT molecular complexity index is 273. The molecule has 0 fully saturated rings. The van der Waals surface area contributed by atoms with E-state index in [2.05, 4.69) is 42.9 Å². The van der Waals surface area contributed by atoms with E-state index in [1.165, 1.54) is 0 Å². The Morgan fingerprint density at radius 3 is 2.92 bits per heavy atom. The Hall–Kier alpha value is -0.940. The van der Waals surface area contributed by atoms with Crippen LogP contribution in [0.4, 0.5) is 0 Å². The molecule has 2 rings (SSSR count). The summed E-state index contributed by atoms with van der Waals surface area (Å²) in [7, 11) is 0. The second-order valence-corrected chi connectivity index (χ2v) is 3.28. The first-order valence-electron chi connectivity index (χ1n) is 4.37. The van der Waals surface area contributed by atoms with Gasteiger partial charge in [0.2, 0.25) is 0 Å². The maximum absolute atomic E-state index is 5.68. The third-order valence-electron chi connectivity index (χ3n) is 2.54. The molecule has 0 saturated carbocycles. The first kappa shape index (κ1) is 7.70. The molecule has 0 aromatic rings. The molecule has 2 atom stereocenters. The van der Waals surface area contributed by atoms with Gasteiger partial charge in [-0.15, -0.1) is 0 Å². The van der Waals surface area contributed by atoms with Crippen LogP contribution >= 0.6 is 0 Å². The molecule has 0 bridgehead atoms. The highest BCUT2D eigenvalue weighted by molar-refractivity contribution is 5.39. The Balaban J connectivity index is 2.12. The molecule has 2 unspecified atom stereocenters. The predicted octanol–water partition coefficient (Wildman–Crippen LogP) is 1.20. The summed E-state index contributed by atoms with van der Waals surface area (Å²) in [4.78, 5) is 2.12. The van der Waals surface area contributed by atoms with Crippen LogP contribution in [-0.4, -0.2) is 23.8 Å². The monoisotopic (exact) mass is 163 g/mol. The van der Waals surface area contributed by atoms with E-state index in [1.807, 2.05) is 0 Å². The van der Waals surface area contributed by atoms with Crippen molar-refractivity contribution < 1.29 is 4.74 Å². The van der Waals surface area contributed by atoms with Crippen molar-refractivity contribution in [3.05, 3.63) is 12.3 Å². The third kappa shape index (κ3) is 0.937. The zero-order valence-corrected chi connectivity index (χ0v) is 7.50. The highest BCUT2D eigenvalue weighted by Crippen LogP contribution is 2.31. The predicted molar refractivity (Wildman–Crippen MR) is 47.1 cm³/mol. The molecule has 0 aromatic heterocycles. The van der Waals surface area contributed by atoms with Gasteiger partial charge >= 0.3 is 0 Å². The van der Waals surface area contributed by atoms with Crippen LogP contribution in [-0.2, 0) is 4.74 Å². The van der Waals surface area contributed by atoms with Gasteiger partial charge in [0.05, 0.1) is 5.92 Å². The lowest BCUT2D eigenvalue weighted by atomic mass is 9.81. The van der Waals surface area contributed by atoms with Gasteiger partial charge in [0, 0.05) is 12.7 Å². The lowest BCUT2D eigenvalue weighted by molar-refractivity contribution is -0.0570. The second kappa shape index (κ2) is 2.53. The molecule has 0 aromatic carbocycles. The van der Waals surface area contributed by atoms with Crippen LogP contribution < -0.4 is 0 Å². The average Bonchev–Trinajstić information content (AvgIpc) is 2.16. The summed E-state index contributed by atoms with van der Waals surface area (Å²) in [6, 6.07) is 0. The Kier molecular flexibility index (Phi) is 1.62. The van der Waals surface area contributed by atoms with Crippen LogP contribution in [0, 0.1) is 17.8 Å². The first-order valence-corrected chi connectivity index (χ1v) is 4.37. The lowest BCUT2D eigenvalue weighted by Gasteiger charge is -2.39. The van der Waals surface area contributed by atoms with E-state index >= 15 is 0 Å².